The van der Waals surface area contributed by atoms with Gasteiger partial charge in [0.1, 0.15) is 4.83 Å². The number of nitrogens with one attached hydrogen (secondary N) is 1. The first-order chi connectivity index (χ1) is 5.27. The zero-order valence-electron chi connectivity index (χ0n) is 6.00. The molecule has 2 rings (SSSR count). The normalized spacial score (nSPS) is 9.67. The number of aromatic amines is 1. The third kappa shape index (κ3) is 1.17. The van der Waals surface area contributed by atoms with Gasteiger partial charge in [-0.1, -0.05) is 0 Å². The van der Waals surface area contributed by atoms with E-state index in [0.717, 1.165) is 10.2 Å². The summed E-state index contributed by atoms with van der Waals surface area (Å²) in [6.45, 7) is 0. The second kappa shape index (κ2) is 2.92. The van der Waals surface area contributed by atoms with Crippen molar-refractivity contribution in [2.24, 2.45) is 5.73 Å². The van der Waals surface area contributed by atoms with E-state index in [4.69, 9.17) is 5.73 Å². The van der Waals surface area contributed by atoms with E-state index < -0.39 is 0 Å². The molecule has 0 aromatic carbocycles. The van der Waals surface area contributed by atoms with Crippen LogP contribution in [0.15, 0.2) is 12.3 Å². The van der Waals surface area contributed by atoms with Gasteiger partial charge in [-0.15, -0.1) is 11.3 Å². The topological polar surface area (TPSA) is 103 Å². The van der Waals surface area contributed by atoms with Crippen molar-refractivity contribution in [1.29, 1.82) is 0 Å². The number of nitrogens with zero attached hydrogens (tertiary/aromatic N) is 1. The molecule has 0 unspecified atom stereocenters. The van der Waals surface area contributed by atoms with Crippen molar-refractivity contribution in [3.63, 3.8) is 0 Å². The molecule has 0 saturated carbocycles. The van der Waals surface area contributed by atoms with E-state index in [1.807, 2.05) is 0 Å². The fraction of sp³-hybridized carbons (Fsp3) is 0. The molecule has 0 saturated heterocycles. The summed E-state index contributed by atoms with van der Waals surface area (Å²) in [6.07, 6.45) is 1.66. The second-order valence-corrected chi connectivity index (χ2v) is 3.18. The first-order valence-electron chi connectivity index (χ1n) is 3.00. The van der Waals surface area contributed by atoms with E-state index in [9.17, 15) is 4.79 Å². The Hall–Kier alpha value is -1.40. The predicted molar refractivity (Wildman–Crippen MR) is 46.1 cm³/mol. The number of hydrogen-bond donors (Lipinski definition) is 2. The van der Waals surface area contributed by atoms with Gasteiger partial charge in [0.25, 0.3) is 5.91 Å². The number of amides is 1. The van der Waals surface area contributed by atoms with Gasteiger partial charge in [0.15, 0.2) is 0 Å². The van der Waals surface area contributed by atoms with E-state index in [1.54, 1.807) is 12.3 Å². The van der Waals surface area contributed by atoms with Crippen LogP contribution < -0.4 is 5.73 Å². The maximum Gasteiger partial charge on any atom is 0.258 e. The van der Waals surface area contributed by atoms with E-state index in [0.29, 0.717) is 4.88 Å². The summed E-state index contributed by atoms with van der Waals surface area (Å²) < 4.78 is 0. The lowest BCUT2D eigenvalue weighted by atomic mass is 10.4. The summed E-state index contributed by atoms with van der Waals surface area (Å²) in [4.78, 5) is 12.1. The van der Waals surface area contributed by atoms with Crippen LogP contribution >= 0.6 is 11.3 Å². The smallest absolute Gasteiger partial charge is 0.258 e. The molecule has 12 heavy (non-hydrogen) atoms. The number of primary amides is 1. The molecule has 2 heterocycles. The molecular weight excluding hydrogens is 178 g/mol. The van der Waals surface area contributed by atoms with E-state index in [-0.39, 0.29) is 11.4 Å². The van der Waals surface area contributed by atoms with Gasteiger partial charge in [0.05, 0.1) is 11.1 Å². The van der Waals surface area contributed by atoms with Crippen molar-refractivity contribution >= 4 is 27.5 Å². The molecule has 64 valence electrons. The lowest BCUT2D eigenvalue weighted by molar-refractivity contribution is 0.100. The summed E-state index contributed by atoms with van der Waals surface area (Å²) in [5, 5.41) is 7.48. The standard InChI is InChI=1S/C6H5N3OS.H2O/c7-5(10)4-1-3-2-8-9-6(3)11-4;/h1-2H,(H2,7,10)(H,8,9);1H2. The molecule has 0 aliphatic rings. The molecule has 0 atom stereocenters. The largest absolute Gasteiger partial charge is 0.412 e. The highest BCUT2D eigenvalue weighted by Crippen LogP contribution is 2.22. The van der Waals surface area contributed by atoms with Crippen LogP contribution in [0.3, 0.4) is 0 Å². The molecule has 0 spiro atoms. The fourth-order valence-corrected chi connectivity index (χ4v) is 1.70. The number of aromatic nitrogens is 2. The van der Waals surface area contributed by atoms with E-state index in [1.165, 1.54) is 11.3 Å². The quantitative estimate of drug-likeness (QED) is 0.647. The Morgan fingerprint density at radius 3 is 3.00 bits per heavy atom. The summed E-state index contributed by atoms with van der Waals surface area (Å²) >= 11 is 1.32. The van der Waals surface area contributed by atoms with Crippen LogP contribution in [-0.4, -0.2) is 21.6 Å². The monoisotopic (exact) mass is 185 g/mol. The first kappa shape index (κ1) is 8.69. The van der Waals surface area contributed by atoms with Crippen LogP contribution in [0.1, 0.15) is 9.67 Å². The van der Waals surface area contributed by atoms with Crippen molar-refractivity contribution in [3.8, 4) is 0 Å². The SMILES string of the molecule is NC(=O)c1cc2cn[nH]c2s1.O. The molecule has 2 aromatic heterocycles. The minimum absolute atomic E-state index is 0. The maximum absolute atomic E-state index is 10.7. The third-order valence-electron chi connectivity index (χ3n) is 1.37. The van der Waals surface area contributed by atoms with Crippen LogP contribution in [0.4, 0.5) is 0 Å². The molecule has 0 bridgehead atoms. The van der Waals surface area contributed by atoms with Crippen LogP contribution in [0.5, 0.6) is 0 Å². The van der Waals surface area contributed by atoms with Gasteiger partial charge in [-0.3, -0.25) is 9.89 Å². The number of hydrogen-bond acceptors (Lipinski definition) is 3. The van der Waals surface area contributed by atoms with Gasteiger partial charge in [-0.05, 0) is 6.07 Å². The van der Waals surface area contributed by atoms with Crippen molar-refractivity contribution in [2.45, 2.75) is 0 Å². The molecule has 1 amide bonds. The van der Waals surface area contributed by atoms with Crippen molar-refractivity contribution in [3.05, 3.63) is 17.1 Å². The Balaban J connectivity index is 0.000000720. The number of carbonyl (C=O) groups excluding carboxylic acids is 1. The van der Waals surface area contributed by atoms with Gasteiger partial charge in [0.2, 0.25) is 0 Å². The summed E-state index contributed by atoms with van der Waals surface area (Å²) in [7, 11) is 0. The predicted octanol–water partition coefficient (Wildman–Crippen LogP) is -0.101. The highest BCUT2D eigenvalue weighted by Gasteiger charge is 2.06. The lowest BCUT2D eigenvalue weighted by Gasteiger charge is -1.81. The van der Waals surface area contributed by atoms with Crippen LogP contribution in [0, 0.1) is 0 Å². The average Bonchev–Trinajstić information content (AvgIpc) is 2.40. The number of carbonyl (C=O) groups is 1. The molecule has 0 aliphatic carbocycles. The summed E-state index contributed by atoms with van der Waals surface area (Å²) in [6, 6.07) is 1.73. The lowest BCUT2D eigenvalue weighted by Crippen LogP contribution is -2.08. The Labute approximate surface area is 71.5 Å². The number of H-pyrrole nitrogens is 1. The van der Waals surface area contributed by atoms with Gasteiger partial charge >= 0.3 is 0 Å². The van der Waals surface area contributed by atoms with Crippen LogP contribution in [-0.2, 0) is 0 Å². The van der Waals surface area contributed by atoms with Crippen LogP contribution in [0.2, 0.25) is 0 Å². The second-order valence-electron chi connectivity index (χ2n) is 2.13. The van der Waals surface area contributed by atoms with Gasteiger partial charge < -0.3 is 11.2 Å². The van der Waals surface area contributed by atoms with Crippen LogP contribution in [0.25, 0.3) is 10.2 Å². The molecule has 6 heteroatoms. The molecular formula is C6H7N3O2S. The van der Waals surface area contributed by atoms with Crippen molar-refractivity contribution < 1.29 is 10.3 Å². The Morgan fingerprint density at radius 1 is 1.67 bits per heavy atom. The van der Waals surface area contributed by atoms with E-state index in [2.05, 4.69) is 10.2 Å². The zero-order valence-corrected chi connectivity index (χ0v) is 6.81. The highest BCUT2D eigenvalue weighted by atomic mass is 32.1. The number of thiophene rings is 1. The number of rotatable bonds is 1. The van der Waals surface area contributed by atoms with Gasteiger partial charge in [-0.25, -0.2) is 0 Å². The minimum atomic E-state index is -0.389. The first-order valence-corrected chi connectivity index (χ1v) is 3.82. The molecule has 0 aliphatic heterocycles. The molecule has 0 fully saturated rings. The third-order valence-corrected chi connectivity index (χ3v) is 2.44. The number of fused-ring (bicyclic) bond motifs is 1. The molecule has 0 radical (unpaired) electrons. The molecule has 5 N–H and O–H groups in total. The Kier molecular flexibility index (Phi) is 2.11. The minimum Gasteiger partial charge on any atom is -0.412 e. The van der Waals surface area contributed by atoms with Gasteiger partial charge in [0, 0.05) is 5.39 Å². The van der Waals surface area contributed by atoms with Crippen molar-refractivity contribution in [2.75, 3.05) is 0 Å². The molecule has 2 aromatic rings. The Bertz CT molecular complexity index is 377. The maximum atomic E-state index is 10.7. The summed E-state index contributed by atoms with van der Waals surface area (Å²) in [5.41, 5.74) is 5.07. The highest BCUT2D eigenvalue weighted by molar-refractivity contribution is 7.20. The Morgan fingerprint density at radius 2 is 2.42 bits per heavy atom. The molecule has 5 nitrogen and oxygen atoms in total. The average molecular weight is 185 g/mol. The fourth-order valence-electron chi connectivity index (χ4n) is 0.870. The van der Waals surface area contributed by atoms with Gasteiger partial charge in [-0.2, -0.15) is 5.10 Å². The zero-order chi connectivity index (χ0) is 7.84. The van der Waals surface area contributed by atoms with Crippen molar-refractivity contribution in [1.82, 2.24) is 10.2 Å². The number of nitrogens with two attached hydrogens (primary N) is 1. The summed E-state index contributed by atoms with van der Waals surface area (Å²) in [5.74, 6) is -0.389. The van der Waals surface area contributed by atoms with E-state index >= 15 is 0 Å².